The second-order valence-corrected chi connectivity index (χ2v) is 4.80. The molecule has 0 amide bonds. The number of unbranched alkanes of at least 4 members (excludes halogenated alkanes) is 1. The van der Waals surface area contributed by atoms with Crippen molar-refractivity contribution in [3.63, 3.8) is 0 Å². The molecule has 2 atom stereocenters. The van der Waals surface area contributed by atoms with E-state index in [-0.39, 0.29) is 6.04 Å². The van der Waals surface area contributed by atoms with Crippen LogP contribution in [0.15, 0.2) is 12.5 Å². The molecule has 1 heterocycles. The van der Waals surface area contributed by atoms with Crippen molar-refractivity contribution in [2.24, 2.45) is 18.8 Å². The summed E-state index contributed by atoms with van der Waals surface area (Å²) in [5.74, 6) is 6.41. The minimum Gasteiger partial charge on any atom is -0.336 e. The Kier molecular flexibility index (Phi) is 6.22. The van der Waals surface area contributed by atoms with Gasteiger partial charge in [0.15, 0.2) is 0 Å². The lowest BCUT2D eigenvalue weighted by Gasteiger charge is -2.22. The molecule has 0 saturated carbocycles. The summed E-state index contributed by atoms with van der Waals surface area (Å²) in [6.07, 6.45) is 9.90. The average molecular weight is 238 g/mol. The molecule has 0 aromatic carbocycles. The molecule has 17 heavy (non-hydrogen) atoms. The van der Waals surface area contributed by atoms with Gasteiger partial charge >= 0.3 is 0 Å². The zero-order chi connectivity index (χ0) is 12.7. The lowest BCUT2D eigenvalue weighted by Crippen LogP contribution is -2.31. The SMILES string of the molecule is CCCCC(CC)CC(NN)c1cncn1C. The average Bonchev–Trinajstić information content (AvgIpc) is 2.76. The molecule has 1 rings (SSSR count). The normalized spacial score (nSPS) is 14.8. The molecule has 0 aliphatic carbocycles. The van der Waals surface area contributed by atoms with Crippen LogP contribution in [0.5, 0.6) is 0 Å². The first kappa shape index (κ1) is 14.2. The van der Waals surface area contributed by atoms with E-state index in [1.54, 1.807) is 0 Å². The van der Waals surface area contributed by atoms with Crippen molar-refractivity contribution in [3.05, 3.63) is 18.2 Å². The molecule has 2 unspecified atom stereocenters. The largest absolute Gasteiger partial charge is 0.336 e. The van der Waals surface area contributed by atoms with Gasteiger partial charge in [0.1, 0.15) is 0 Å². The monoisotopic (exact) mass is 238 g/mol. The molecule has 98 valence electrons. The number of aryl methyl sites for hydroxylation is 1. The molecule has 3 N–H and O–H groups in total. The standard InChI is InChI=1S/C13H26N4/c1-4-6-7-11(5-2)8-12(16-14)13-9-15-10-17(13)3/h9-12,16H,4-8,14H2,1-3H3. The van der Waals surface area contributed by atoms with Crippen molar-refractivity contribution in [2.45, 2.75) is 52.0 Å². The van der Waals surface area contributed by atoms with E-state index in [4.69, 9.17) is 5.84 Å². The summed E-state index contributed by atoms with van der Waals surface area (Å²) < 4.78 is 2.04. The third-order valence-corrected chi connectivity index (χ3v) is 3.52. The fourth-order valence-corrected chi connectivity index (χ4v) is 2.29. The van der Waals surface area contributed by atoms with Crippen molar-refractivity contribution in [3.8, 4) is 0 Å². The summed E-state index contributed by atoms with van der Waals surface area (Å²) in [7, 11) is 2.01. The first-order valence-corrected chi connectivity index (χ1v) is 6.65. The Balaban J connectivity index is 2.59. The first-order chi connectivity index (χ1) is 8.22. The molecule has 0 aliphatic heterocycles. The fourth-order valence-electron chi connectivity index (χ4n) is 2.29. The van der Waals surface area contributed by atoms with Gasteiger partial charge in [-0.2, -0.15) is 0 Å². The van der Waals surface area contributed by atoms with Crippen LogP contribution >= 0.6 is 0 Å². The van der Waals surface area contributed by atoms with Gasteiger partial charge < -0.3 is 4.57 Å². The number of imidazole rings is 1. The molecule has 0 radical (unpaired) electrons. The van der Waals surface area contributed by atoms with Crippen molar-refractivity contribution in [1.29, 1.82) is 0 Å². The summed E-state index contributed by atoms with van der Waals surface area (Å²) in [4.78, 5) is 4.15. The van der Waals surface area contributed by atoms with Crippen LogP contribution in [0.25, 0.3) is 0 Å². The van der Waals surface area contributed by atoms with Gasteiger partial charge in [0.05, 0.1) is 18.1 Å². The van der Waals surface area contributed by atoms with E-state index in [2.05, 4.69) is 24.3 Å². The molecule has 1 aromatic heterocycles. The Morgan fingerprint density at radius 1 is 1.47 bits per heavy atom. The maximum absolute atomic E-state index is 5.67. The van der Waals surface area contributed by atoms with Crippen LogP contribution in [0.3, 0.4) is 0 Å². The maximum Gasteiger partial charge on any atom is 0.0946 e. The molecule has 4 heteroatoms. The topological polar surface area (TPSA) is 55.9 Å². The number of hydrazine groups is 1. The molecular weight excluding hydrogens is 212 g/mol. The van der Waals surface area contributed by atoms with Crippen molar-refractivity contribution < 1.29 is 0 Å². The predicted octanol–water partition coefficient (Wildman–Crippen LogP) is 2.53. The zero-order valence-corrected chi connectivity index (χ0v) is 11.3. The van der Waals surface area contributed by atoms with Gasteiger partial charge in [0, 0.05) is 13.2 Å². The van der Waals surface area contributed by atoms with Crippen LogP contribution < -0.4 is 11.3 Å². The van der Waals surface area contributed by atoms with Crippen LogP contribution in [-0.4, -0.2) is 9.55 Å². The van der Waals surface area contributed by atoms with Crippen molar-refractivity contribution >= 4 is 0 Å². The number of nitrogens with zero attached hydrogens (tertiary/aromatic N) is 2. The minimum absolute atomic E-state index is 0.212. The third kappa shape index (κ3) is 4.13. The smallest absolute Gasteiger partial charge is 0.0946 e. The summed E-state index contributed by atoms with van der Waals surface area (Å²) >= 11 is 0. The number of rotatable bonds is 8. The number of nitrogens with two attached hydrogens (primary N) is 1. The molecule has 0 fully saturated rings. The highest BCUT2D eigenvalue weighted by Gasteiger charge is 2.18. The Hall–Kier alpha value is -0.870. The molecule has 0 bridgehead atoms. The third-order valence-electron chi connectivity index (χ3n) is 3.52. The lowest BCUT2D eigenvalue weighted by molar-refractivity contribution is 0.348. The van der Waals surface area contributed by atoms with E-state index in [0.717, 1.165) is 12.3 Å². The second-order valence-electron chi connectivity index (χ2n) is 4.80. The van der Waals surface area contributed by atoms with E-state index >= 15 is 0 Å². The van der Waals surface area contributed by atoms with E-state index in [9.17, 15) is 0 Å². The van der Waals surface area contributed by atoms with E-state index in [1.165, 1.54) is 31.4 Å². The van der Waals surface area contributed by atoms with Gasteiger partial charge in [-0.3, -0.25) is 11.3 Å². The summed E-state index contributed by atoms with van der Waals surface area (Å²) in [6.45, 7) is 4.50. The van der Waals surface area contributed by atoms with Crippen molar-refractivity contribution in [2.75, 3.05) is 0 Å². The van der Waals surface area contributed by atoms with E-state index < -0.39 is 0 Å². The number of hydrogen-bond acceptors (Lipinski definition) is 3. The number of aromatic nitrogens is 2. The fraction of sp³-hybridized carbons (Fsp3) is 0.769. The molecule has 0 aliphatic rings. The Morgan fingerprint density at radius 2 is 2.24 bits per heavy atom. The quantitative estimate of drug-likeness (QED) is 0.540. The highest BCUT2D eigenvalue weighted by molar-refractivity contribution is 5.04. The summed E-state index contributed by atoms with van der Waals surface area (Å²) in [6, 6.07) is 0.212. The minimum atomic E-state index is 0.212. The highest BCUT2D eigenvalue weighted by atomic mass is 15.2. The number of hydrogen-bond donors (Lipinski definition) is 2. The van der Waals surface area contributed by atoms with Crippen molar-refractivity contribution in [1.82, 2.24) is 15.0 Å². The Bertz CT molecular complexity index is 308. The van der Waals surface area contributed by atoms with E-state index in [0.29, 0.717) is 0 Å². The van der Waals surface area contributed by atoms with Gasteiger partial charge in [0.2, 0.25) is 0 Å². The summed E-state index contributed by atoms with van der Waals surface area (Å²) in [5, 5.41) is 0. The first-order valence-electron chi connectivity index (χ1n) is 6.65. The van der Waals surface area contributed by atoms with Gasteiger partial charge in [-0.25, -0.2) is 4.98 Å². The van der Waals surface area contributed by atoms with Gasteiger partial charge in [0.25, 0.3) is 0 Å². The molecular formula is C13H26N4. The highest BCUT2D eigenvalue weighted by Crippen LogP contribution is 2.25. The van der Waals surface area contributed by atoms with Crippen LogP contribution in [0, 0.1) is 5.92 Å². The molecule has 0 spiro atoms. The maximum atomic E-state index is 5.67. The summed E-state index contributed by atoms with van der Waals surface area (Å²) in [5.41, 5.74) is 4.09. The van der Waals surface area contributed by atoms with Crippen LogP contribution in [0.2, 0.25) is 0 Å². The molecule has 1 aromatic rings. The van der Waals surface area contributed by atoms with Gasteiger partial charge in [-0.1, -0.05) is 39.5 Å². The van der Waals surface area contributed by atoms with E-state index in [1.807, 2.05) is 24.1 Å². The van der Waals surface area contributed by atoms with Gasteiger partial charge in [-0.15, -0.1) is 0 Å². The molecule has 4 nitrogen and oxygen atoms in total. The molecule has 0 saturated heterocycles. The second kappa shape index (κ2) is 7.45. The Morgan fingerprint density at radius 3 is 2.71 bits per heavy atom. The van der Waals surface area contributed by atoms with Crippen LogP contribution in [0.4, 0.5) is 0 Å². The van der Waals surface area contributed by atoms with Crippen LogP contribution in [-0.2, 0) is 7.05 Å². The zero-order valence-electron chi connectivity index (χ0n) is 11.3. The lowest BCUT2D eigenvalue weighted by atomic mass is 9.91. The van der Waals surface area contributed by atoms with Crippen LogP contribution in [0.1, 0.15) is 57.7 Å². The Labute approximate surface area is 105 Å². The number of nitrogens with one attached hydrogen (secondary N) is 1. The predicted molar refractivity (Wildman–Crippen MR) is 71.2 cm³/mol. The van der Waals surface area contributed by atoms with Gasteiger partial charge in [-0.05, 0) is 12.3 Å².